The normalized spacial score (nSPS) is 20.4. The third kappa shape index (κ3) is 18.3. The van der Waals surface area contributed by atoms with Crippen molar-refractivity contribution >= 4 is 34.5 Å². The molecule has 0 aliphatic heterocycles. The zero-order chi connectivity index (χ0) is 32.7. The number of hydrogen-bond acceptors (Lipinski definition) is 11. The first-order chi connectivity index (χ1) is 21.0. The SMILES string of the molecule is CCCCCCCC(=O)CC[C@@H]1[C@@H](C/C=C\CCCC(=O)SCC(NC(C)=O)C(=O)OCCCCO[N+](=O)[O-])[C@@H](O)C[C@H]1O. The van der Waals surface area contributed by atoms with Crippen LogP contribution in [0.2, 0.25) is 0 Å². The van der Waals surface area contributed by atoms with Crippen molar-refractivity contribution in [1.82, 2.24) is 5.32 Å². The number of esters is 1. The van der Waals surface area contributed by atoms with Crippen LogP contribution in [-0.2, 0) is 28.8 Å². The molecule has 13 heteroatoms. The van der Waals surface area contributed by atoms with Crippen molar-refractivity contribution < 1.29 is 44.1 Å². The number of unbranched alkanes of at least 4 members (excludes halogenated alkanes) is 6. The van der Waals surface area contributed by atoms with Crippen LogP contribution in [-0.4, -0.2) is 75.3 Å². The van der Waals surface area contributed by atoms with Gasteiger partial charge in [0.2, 0.25) is 5.91 Å². The highest BCUT2D eigenvalue weighted by Crippen LogP contribution is 2.38. The molecule has 1 aliphatic rings. The van der Waals surface area contributed by atoms with Gasteiger partial charge in [-0.25, -0.2) is 4.79 Å². The summed E-state index contributed by atoms with van der Waals surface area (Å²) in [4.78, 5) is 62.8. The standard InChI is InChI=1S/C31H52N2O10S/c1-3-4-5-6-9-14-24(35)17-18-26-25(28(36)21-29(26)37)15-10-7-8-11-16-30(38)44-22-27(32-23(2)34)31(39)42-19-12-13-20-43-33(40)41/h7,10,25-29,36-37H,3-6,8-9,11-22H2,1-2H3,(H,32,34)/b10-7-/t25-,26-,27?,28+,29-/m1/s1. The van der Waals surface area contributed by atoms with Gasteiger partial charge in [-0.3, -0.25) is 14.4 Å². The number of nitrogens with zero attached hydrogens (tertiary/aromatic N) is 1. The third-order valence-corrected chi connectivity index (χ3v) is 8.74. The number of hydrogen-bond donors (Lipinski definition) is 3. The lowest BCUT2D eigenvalue weighted by molar-refractivity contribution is -0.757. The maximum absolute atomic E-state index is 12.4. The van der Waals surface area contributed by atoms with Crippen molar-refractivity contribution in [2.45, 2.75) is 128 Å². The smallest absolute Gasteiger partial charge is 0.329 e. The first-order valence-corrected chi connectivity index (χ1v) is 16.9. The molecule has 44 heavy (non-hydrogen) atoms. The van der Waals surface area contributed by atoms with E-state index in [0.717, 1.165) is 31.0 Å². The molecule has 0 aromatic carbocycles. The zero-order valence-electron chi connectivity index (χ0n) is 26.3. The highest BCUT2D eigenvalue weighted by Gasteiger charge is 2.40. The number of allylic oxidation sites excluding steroid dienone is 2. The summed E-state index contributed by atoms with van der Waals surface area (Å²) in [6, 6.07) is -0.987. The molecule has 0 radical (unpaired) electrons. The Kier molecular flexibility index (Phi) is 21.4. The van der Waals surface area contributed by atoms with Gasteiger partial charge < -0.3 is 25.1 Å². The zero-order valence-corrected chi connectivity index (χ0v) is 27.1. The van der Waals surface area contributed by atoms with Gasteiger partial charge >= 0.3 is 5.97 Å². The largest absolute Gasteiger partial charge is 0.464 e. The van der Waals surface area contributed by atoms with Gasteiger partial charge in [0.15, 0.2) is 5.12 Å². The molecular formula is C31H52N2O10S. The number of aliphatic hydroxyl groups excluding tert-OH is 2. The number of aliphatic hydroxyl groups is 2. The van der Waals surface area contributed by atoms with Crippen molar-refractivity contribution in [2.75, 3.05) is 19.0 Å². The number of amides is 1. The summed E-state index contributed by atoms with van der Waals surface area (Å²) in [5.41, 5.74) is 0. The van der Waals surface area contributed by atoms with Gasteiger partial charge in [0.05, 0.1) is 25.4 Å². The number of nitrogens with one attached hydrogen (secondary N) is 1. The van der Waals surface area contributed by atoms with E-state index in [1.165, 1.54) is 19.8 Å². The quantitative estimate of drug-likeness (QED) is 0.0419. The molecule has 1 amide bonds. The summed E-state index contributed by atoms with van der Waals surface area (Å²) >= 11 is 0.944. The molecule has 1 fully saturated rings. The summed E-state index contributed by atoms with van der Waals surface area (Å²) in [5.74, 6) is -1.07. The molecule has 0 spiro atoms. The first-order valence-electron chi connectivity index (χ1n) is 15.9. The predicted octanol–water partition coefficient (Wildman–Crippen LogP) is 4.47. The van der Waals surface area contributed by atoms with E-state index in [1.807, 2.05) is 12.2 Å². The number of carbonyl (C=O) groups is 4. The minimum atomic E-state index is -0.987. The second-order valence-electron chi connectivity index (χ2n) is 11.4. The lowest BCUT2D eigenvalue weighted by Crippen LogP contribution is -2.43. The summed E-state index contributed by atoms with van der Waals surface area (Å²) in [6.45, 7) is 3.33. The Morgan fingerprint density at radius 2 is 1.66 bits per heavy atom. The minimum absolute atomic E-state index is 0.00977. The molecule has 252 valence electrons. The fourth-order valence-electron chi connectivity index (χ4n) is 5.30. The molecule has 5 atom stereocenters. The predicted molar refractivity (Wildman–Crippen MR) is 167 cm³/mol. The first kappa shape index (κ1) is 39.5. The Balaban J connectivity index is 2.34. The van der Waals surface area contributed by atoms with E-state index in [0.29, 0.717) is 57.8 Å². The molecule has 1 saturated carbocycles. The Bertz CT molecular complexity index is 916. The van der Waals surface area contributed by atoms with Crippen LogP contribution < -0.4 is 5.32 Å². The van der Waals surface area contributed by atoms with Crippen LogP contribution in [0.4, 0.5) is 0 Å². The van der Waals surface area contributed by atoms with Crippen LogP contribution in [0.3, 0.4) is 0 Å². The van der Waals surface area contributed by atoms with Crippen molar-refractivity contribution in [3.05, 3.63) is 22.3 Å². The van der Waals surface area contributed by atoms with Crippen molar-refractivity contribution in [2.24, 2.45) is 11.8 Å². The summed E-state index contributed by atoms with van der Waals surface area (Å²) in [7, 11) is 0. The molecule has 1 unspecified atom stereocenters. The number of carbonyl (C=O) groups excluding carboxylic acids is 4. The van der Waals surface area contributed by atoms with Gasteiger partial charge in [0, 0.05) is 31.9 Å². The third-order valence-electron chi connectivity index (χ3n) is 7.72. The Hall–Kier alpha value is -2.51. The van der Waals surface area contributed by atoms with Crippen LogP contribution in [0, 0.1) is 22.0 Å². The van der Waals surface area contributed by atoms with Gasteiger partial charge in [0.1, 0.15) is 11.8 Å². The van der Waals surface area contributed by atoms with Crippen LogP contribution in [0.1, 0.15) is 110 Å². The van der Waals surface area contributed by atoms with Gasteiger partial charge in [-0.2, -0.15) is 0 Å². The van der Waals surface area contributed by atoms with Crippen LogP contribution >= 0.6 is 11.8 Å². The van der Waals surface area contributed by atoms with Gasteiger partial charge in [-0.05, 0) is 63.2 Å². The fraction of sp³-hybridized carbons (Fsp3) is 0.806. The molecule has 0 aromatic rings. The Morgan fingerprint density at radius 1 is 0.955 bits per heavy atom. The van der Waals surface area contributed by atoms with Gasteiger partial charge in [0.25, 0.3) is 5.09 Å². The number of rotatable bonds is 25. The lowest BCUT2D eigenvalue weighted by Gasteiger charge is -2.22. The fourth-order valence-corrected chi connectivity index (χ4v) is 6.16. The molecule has 0 bridgehead atoms. The van der Waals surface area contributed by atoms with E-state index in [1.54, 1.807) is 0 Å². The van der Waals surface area contributed by atoms with E-state index in [4.69, 9.17) is 4.74 Å². The number of thioether (sulfide) groups is 1. The average Bonchev–Trinajstić information content (AvgIpc) is 3.24. The molecule has 0 saturated heterocycles. The summed E-state index contributed by atoms with van der Waals surface area (Å²) in [6.07, 6.45) is 13.0. The molecule has 1 aliphatic carbocycles. The maximum Gasteiger partial charge on any atom is 0.329 e. The van der Waals surface area contributed by atoms with Crippen LogP contribution in [0.5, 0.6) is 0 Å². The highest BCUT2D eigenvalue weighted by atomic mass is 32.2. The van der Waals surface area contributed by atoms with Crippen molar-refractivity contribution in [3.8, 4) is 0 Å². The highest BCUT2D eigenvalue weighted by molar-refractivity contribution is 8.13. The number of ketones is 1. The van der Waals surface area contributed by atoms with Crippen molar-refractivity contribution in [1.29, 1.82) is 0 Å². The maximum atomic E-state index is 12.4. The summed E-state index contributed by atoms with van der Waals surface area (Å²) in [5, 5.41) is 32.5. The minimum Gasteiger partial charge on any atom is -0.464 e. The molecule has 1 rings (SSSR count). The average molecular weight is 645 g/mol. The molecule has 0 aromatic heterocycles. The molecule has 0 heterocycles. The molecular weight excluding hydrogens is 592 g/mol. The summed E-state index contributed by atoms with van der Waals surface area (Å²) < 4.78 is 5.12. The van der Waals surface area contributed by atoms with E-state index < -0.39 is 35.2 Å². The Morgan fingerprint density at radius 3 is 2.36 bits per heavy atom. The van der Waals surface area contributed by atoms with Gasteiger partial charge in [-0.15, -0.1) is 10.1 Å². The van der Waals surface area contributed by atoms with E-state index >= 15 is 0 Å². The van der Waals surface area contributed by atoms with E-state index in [2.05, 4.69) is 17.1 Å². The van der Waals surface area contributed by atoms with Crippen molar-refractivity contribution in [3.63, 3.8) is 0 Å². The van der Waals surface area contributed by atoms with E-state index in [9.17, 15) is 39.5 Å². The second kappa shape index (κ2) is 23.8. The van der Waals surface area contributed by atoms with Gasteiger partial charge in [-0.1, -0.05) is 56.5 Å². The van der Waals surface area contributed by atoms with Crippen LogP contribution in [0.15, 0.2) is 12.2 Å². The van der Waals surface area contributed by atoms with E-state index in [-0.39, 0.29) is 48.1 Å². The topological polar surface area (TPSA) is 182 Å². The van der Waals surface area contributed by atoms with Crippen LogP contribution in [0.25, 0.3) is 0 Å². The number of ether oxygens (including phenoxy) is 1. The lowest BCUT2D eigenvalue weighted by atomic mass is 9.86. The Labute approximate surface area is 265 Å². The molecule has 12 nitrogen and oxygen atoms in total. The second-order valence-corrected chi connectivity index (χ2v) is 12.5. The monoisotopic (exact) mass is 644 g/mol. The number of Topliss-reactive ketones (excluding diaryl/α,β-unsaturated/α-hetero) is 1. The molecule has 3 N–H and O–H groups in total.